The van der Waals surface area contributed by atoms with Crippen LogP contribution in [0.2, 0.25) is 0 Å². The van der Waals surface area contributed by atoms with E-state index in [1.54, 1.807) is 31.2 Å². The quantitative estimate of drug-likeness (QED) is 0.655. The highest BCUT2D eigenvalue weighted by atomic mass is 16.8. The Morgan fingerprint density at radius 3 is 2.15 bits per heavy atom. The molecule has 0 aliphatic heterocycles. The van der Waals surface area contributed by atoms with Gasteiger partial charge < -0.3 is 19.3 Å². The van der Waals surface area contributed by atoms with Crippen molar-refractivity contribution in [2.24, 2.45) is 0 Å². The maximum Gasteiger partial charge on any atom is 0.305 e. The standard InChI is InChI=1S/C12H14O5.C2H6O/c1-9(13)15-8-16-12(17-10(2)14)11-6-4-3-5-7-11;1-2-3/h3-7,12H,8H2,1-2H3;3H,2H2,1H3. The van der Waals surface area contributed by atoms with Crippen LogP contribution in [0.5, 0.6) is 0 Å². The first-order valence-electron chi connectivity index (χ1n) is 6.09. The fourth-order valence-electron chi connectivity index (χ4n) is 1.14. The predicted octanol–water partition coefficient (Wildman–Crippen LogP) is 1.78. The number of esters is 2. The molecule has 0 aliphatic carbocycles. The van der Waals surface area contributed by atoms with Crippen molar-refractivity contribution in [1.82, 2.24) is 0 Å². The van der Waals surface area contributed by atoms with Gasteiger partial charge in [0.15, 0.2) is 6.79 Å². The molecule has 20 heavy (non-hydrogen) atoms. The highest BCUT2D eigenvalue weighted by molar-refractivity contribution is 5.66. The van der Waals surface area contributed by atoms with Crippen LogP contribution in [0.4, 0.5) is 0 Å². The van der Waals surface area contributed by atoms with Crippen molar-refractivity contribution in [3.05, 3.63) is 35.9 Å². The molecule has 0 radical (unpaired) electrons. The number of aliphatic hydroxyl groups is 1. The van der Waals surface area contributed by atoms with Gasteiger partial charge in [0.25, 0.3) is 0 Å². The minimum atomic E-state index is -0.868. The molecular formula is C14H20O6. The Bertz CT molecular complexity index is 390. The zero-order valence-electron chi connectivity index (χ0n) is 11.9. The van der Waals surface area contributed by atoms with Crippen LogP contribution in [-0.2, 0) is 23.8 Å². The zero-order chi connectivity index (χ0) is 15.4. The average Bonchev–Trinajstić information content (AvgIpc) is 2.39. The van der Waals surface area contributed by atoms with Crippen LogP contribution in [-0.4, -0.2) is 30.4 Å². The van der Waals surface area contributed by atoms with Crippen molar-refractivity contribution in [1.29, 1.82) is 0 Å². The van der Waals surface area contributed by atoms with E-state index in [9.17, 15) is 9.59 Å². The van der Waals surface area contributed by atoms with Gasteiger partial charge in [-0.2, -0.15) is 0 Å². The van der Waals surface area contributed by atoms with E-state index >= 15 is 0 Å². The van der Waals surface area contributed by atoms with E-state index in [2.05, 4.69) is 4.74 Å². The predicted molar refractivity (Wildman–Crippen MR) is 71.4 cm³/mol. The third kappa shape index (κ3) is 9.07. The first-order chi connectivity index (χ1) is 9.51. The molecule has 0 saturated heterocycles. The lowest BCUT2D eigenvalue weighted by Gasteiger charge is -2.17. The Balaban J connectivity index is 0.00000110. The second kappa shape index (κ2) is 11.0. The Morgan fingerprint density at radius 2 is 1.70 bits per heavy atom. The molecule has 1 aromatic carbocycles. The maximum absolute atomic E-state index is 10.9. The first kappa shape index (κ1) is 18.1. The Kier molecular flexibility index (Phi) is 9.90. The van der Waals surface area contributed by atoms with E-state index in [0.29, 0.717) is 5.56 Å². The van der Waals surface area contributed by atoms with Gasteiger partial charge in [-0.1, -0.05) is 30.3 Å². The lowest BCUT2D eigenvalue weighted by atomic mass is 10.2. The van der Waals surface area contributed by atoms with Crippen LogP contribution in [0.15, 0.2) is 30.3 Å². The summed E-state index contributed by atoms with van der Waals surface area (Å²) in [5.41, 5.74) is 0.676. The SMILES string of the molecule is CC(=O)OCOC(OC(C)=O)c1ccccc1.CCO. The van der Waals surface area contributed by atoms with Crippen molar-refractivity contribution in [2.75, 3.05) is 13.4 Å². The molecule has 1 unspecified atom stereocenters. The minimum absolute atomic E-state index is 0.250. The number of rotatable bonds is 5. The maximum atomic E-state index is 10.9. The molecule has 1 atom stereocenters. The Labute approximate surface area is 118 Å². The number of benzene rings is 1. The highest BCUT2D eigenvalue weighted by Gasteiger charge is 2.15. The van der Waals surface area contributed by atoms with Crippen molar-refractivity contribution < 1.29 is 28.9 Å². The molecule has 0 fully saturated rings. The number of aliphatic hydroxyl groups excluding tert-OH is 1. The van der Waals surface area contributed by atoms with Crippen molar-refractivity contribution in [2.45, 2.75) is 27.1 Å². The summed E-state index contributed by atoms with van der Waals surface area (Å²) < 4.78 is 14.8. The summed E-state index contributed by atoms with van der Waals surface area (Å²) in [6, 6.07) is 8.92. The molecule has 1 aromatic rings. The molecule has 1 rings (SSSR count). The van der Waals surface area contributed by atoms with Gasteiger partial charge in [0, 0.05) is 26.0 Å². The van der Waals surface area contributed by atoms with Gasteiger partial charge >= 0.3 is 11.9 Å². The smallest absolute Gasteiger partial charge is 0.305 e. The lowest BCUT2D eigenvalue weighted by molar-refractivity contribution is -0.204. The summed E-state index contributed by atoms with van der Waals surface area (Å²) in [5, 5.41) is 7.57. The number of hydrogen-bond acceptors (Lipinski definition) is 6. The molecule has 0 bridgehead atoms. The van der Waals surface area contributed by atoms with Gasteiger partial charge in [-0.3, -0.25) is 9.59 Å². The molecule has 1 N–H and O–H groups in total. The molecule has 0 amide bonds. The third-order valence-corrected chi connectivity index (χ3v) is 1.83. The van der Waals surface area contributed by atoms with Crippen LogP contribution in [0.1, 0.15) is 32.6 Å². The number of ether oxygens (including phenoxy) is 3. The van der Waals surface area contributed by atoms with Crippen LogP contribution < -0.4 is 0 Å². The summed E-state index contributed by atoms with van der Waals surface area (Å²) in [5.74, 6) is -0.929. The number of carbonyl (C=O) groups excluding carboxylic acids is 2. The molecule has 6 nitrogen and oxygen atoms in total. The van der Waals surface area contributed by atoms with Crippen LogP contribution in [0, 0.1) is 0 Å². The summed E-state index contributed by atoms with van der Waals surface area (Å²) in [4.78, 5) is 21.5. The second-order valence-corrected chi connectivity index (χ2v) is 3.59. The minimum Gasteiger partial charge on any atom is -0.438 e. The normalized spacial score (nSPS) is 10.8. The molecule has 0 saturated carbocycles. The topological polar surface area (TPSA) is 82.1 Å². The summed E-state index contributed by atoms with van der Waals surface area (Å²) in [7, 11) is 0. The lowest BCUT2D eigenvalue weighted by Crippen LogP contribution is -2.15. The highest BCUT2D eigenvalue weighted by Crippen LogP contribution is 2.18. The average molecular weight is 284 g/mol. The molecule has 0 aliphatic rings. The van der Waals surface area contributed by atoms with E-state index < -0.39 is 18.2 Å². The van der Waals surface area contributed by atoms with E-state index in [-0.39, 0.29) is 13.4 Å². The summed E-state index contributed by atoms with van der Waals surface area (Å²) in [6.45, 7) is 4.22. The number of hydrogen-bond donors (Lipinski definition) is 1. The van der Waals surface area contributed by atoms with E-state index in [0.717, 1.165) is 0 Å². The van der Waals surface area contributed by atoms with E-state index in [1.165, 1.54) is 13.8 Å². The van der Waals surface area contributed by atoms with E-state index in [4.69, 9.17) is 14.6 Å². The first-order valence-corrected chi connectivity index (χ1v) is 6.09. The van der Waals surface area contributed by atoms with Gasteiger partial charge in [-0.25, -0.2) is 0 Å². The molecular weight excluding hydrogens is 264 g/mol. The van der Waals surface area contributed by atoms with Crippen molar-refractivity contribution in [3.63, 3.8) is 0 Å². The largest absolute Gasteiger partial charge is 0.438 e. The Hall–Kier alpha value is -1.92. The number of carbonyl (C=O) groups is 2. The molecule has 6 heteroatoms. The van der Waals surface area contributed by atoms with E-state index in [1.807, 2.05) is 6.07 Å². The van der Waals surface area contributed by atoms with Crippen LogP contribution in [0.3, 0.4) is 0 Å². The second-order valence-electron chi connectivity index (χ2n) is 3.59. The van der Waals surface area contributed by atoms with Gasteiger partial charge in [0.2, 0.25) is 6.29 Å². The zero-order valence-corrected chi connectivity index (χ0v) is 11.9. The Morgan fingerprint density at radius 1 is 1.15 bits per heavy atom. The van der Waals surface area contributed by atoms with Crippen molar-refractivity contribution in [3.8, 4) is 0 Å². The fourth-order valence-corrected chi connectivity index (χ4v) is 1.14. The van der Waals surface area contributed by atoms with Gasteiger partial charge in [0.1, 0.15) is 0 Å². The summed E-state index contributed by atoms with van der Waals surface area (Å²) >= 11 is 0. The molecule has 112 valence electrons. The molecule has 0 aromatic heterocycles. The third-order valence-electron chi connectivity index (χ3n) is 1.83. The van der Waals surface area contributed by atoms with Crippen molar-refractivity contribution >= 4 is 11.9 Å². The van der Waals surface area contributed by atoms with Gasteiger partial charge in [-0.05, 0) is 6.92 Å². The van der Waals surface area contributed by atoms with Gasteiger partial charge in [0.05, 0.1) is 0 Å². The van der Waals surface area contributed by atoms with Gasteiger partial charge in [-0.15, -0.1) is 0 Å². The fraction of sp³-hybridized carbons (Fsp3) is 0.429. The molecule has 0 heterocycles. The monoisotopic (exact) mass is 284 g/mol. The van der Waals surface area contributed by atoms with Crippen LogP contribution >= 0.6 is 0 Å². The summed E-state index contributed by atoms with van der Waals surface area (Å²) in [6.07, 6.45) is -0.868. The van der Waals surface area contributed by atoms with Crippen LogP contribution in [0.25, 0.3) is 0 Å². The molecule has 0 spiro atoms.